The number of hydrogen-bond donors (Lipinski definition) is 1. The van der Waals surface area contributed by atoms with Crippen molar-refractivity contribution in [3.63, 3.8) is 0 Å². The molecular formula is C25H27N3O4S. The minimum Gasteiger partial charge on any atom is -0.493 e. The van der Waals surface area contributed by atoms with Gasteiger partial charge in [0.05, 0.1) is 20.8 Å². The van der Waals surface area contributed by atoms with Gasteiger partial charge in [-0.15, -0.1) is 11.3 Å². The number of rotatable bonds is 7. The zero-order valence-electron chi connectivity index (χ0n) is 19.2. The van der Waals surface area contributed by atoms with Gasteiger partial charge in [0, 0.05) is 27.7 Å². The fraction of sp³-hybridized carbons (Fsp3) is 0.320. The Bertz CT molecular complexity index is 1270. The number of carbonyl (C=O) groups excluding carboxylic acids is 2. The monoisotopic (exact) mass is 465 g/mol. The Morgan fingerprint density at radius 2 is 1.82 bits per heavy atom. The zero-order chi connectivity index (χ0) is 23.5. The van der Waals surface area contributed by atoms with Crippen LogP contribution in [0.5, 0.6) is 11.5 Å². The number of aromatic nitrogens is 1. The Balaban J connectivity index is 1.63. The molecule has 0 spiro atoms. The molecule has 1 fully saturated rings. The third-order valence-corrected chi connectivity index (χ3v) is 6.76. The summed E-state index contributed by atoms with van der Waals surface area (Å²) in [5.41, 5.74) is 3.07. The Morgan fingerprint density at radius 3 is 2.52 bits per heavy atom. The van der Waals surface area contributed by atoms with Crippen LogP contribution in [0.25, 0.3) is 0 Å². The maximum atomic E-state index is 12.9. The molecule has 1 aliphatic carbocycles. The standard InChI is InChI=1S/C25H27N3O4S/c1-15-16(2)33-25(27-24(30)19-8-11-21(31-3)22(13-19)32-4)28(15)14-17-6-5-7-18(12-17)23(29)26-20-9-10-20/h5-8,11-13,20H,9-10,14H2,1-4H3,(H,26,29). The second kappa shape index (κ2) is 9.62. The minimum atomic E-state index is -0.358. The van der Waals surface area contributed by atoms with Gasteiger partial charge < -0.3 is 19.4 Å². The number of aryl methyl sites for hydroxylation is 1. The molecule has 33 heavy (non-hydrogen) atoms. The van der Waals surface area contributed by atoms with E-state index in [1.165, 1.54) is 18.4 Å². The number of methoxy groups -OCH3 is 2. The normalized spacial score (nSPS) is 13.6. The summed E-state index contributed by atoms with van der Waals surface area (Å²) in [5, 5.41) is 3.02. The Labute approximate surface area is 196 Å². The topological polar surface area (TPSA) is 81.9 Å². The van der Waals surface area contributed by atoms with E-state index in [-0.39, 0.29) is 11.8 Å². The Kier molecular flexibility index (Phi) is 6.65. The molecular weight excluding hydrogens is 438 g/mol. The zero-order valence-corrected chi connectivity index (χ0v) is 20.0. The number of ether oxygens (including phenoxy) is 2. The lowest BCUT2D eigenvalue weighted by atomic mass is 10.1. The van der Waals surface area contributed by atoms with E-state index in [2.05, 4.69) is 10.3 Å². The van der Waals surface area contributed by atoms with Crippen LogP contribution in [0.1, 0.15) is 49.7 Å². The van der Waals surface area contributed by atoms with E-state index in [9.17, 15) is 9.59 Å². The van der Waals surface area contributed by atoms with Crippen LogP contribution in [-0.4, -0.2) is 36.6 Å². The molecule has 0 radical (unpaired) electrons. The predicted octanol–water partition coefficient (Wildman–Crippen LogP) is 3.87. The van der Waals surface area contributed by atoms with Crippen LogP contribution >= 0.6 is 11.3 Å². The molecule has 0 bridgehead atoms. The number of thiazole rings is 1. The van der Waals surface area contributed by atoms with Crippen LogP contribution in [0.2, 0.25) is 0 Å². The highest BCUT2D eigenvalue weighted by atomic mass is 32.1. The van der Waals surface area contributed by atoms with Gasteiger partial charge in [-0.2, -0.15) is 4.99 Å². The van der Waals surface area contributed by atoms with Crippen LogP contribution < -0.4 is 19.6 Å². The average Bonchev–Trinajstić information content (AvgIpc) is 3.60. The van der Waals surface area contributed by atoms with Gasteiger partial charge in [0.1, 0.15) is 0 Å². The maximum Gasteiger partial charge on any atom is 0.279 e. The molecule has 4 rings (SSSR count). The number of nitrogens with zero attached hydrogens (tertiary/aromatic N) is 2. The number of benzene rings is 2. The molecule has 2 aromatic carbocycles. The summed E-state index contributed by atoms with van der Waals surface area (Å²) in [6, 6.07) is 12.9. The number of amides is 2. The van der Waals surface area contributed by atoms with E-state index in [4.69, 9.17) is 9.47 Å². The van der Waals surface area contributed by atoms with Crippen molar-refractivity contribution in [2.75, 3.05) is 14.2 Å². The lowest BCUT2D eigenvalue weighted by molar-refractivity contribution is 0.0949. The van der Waals surface area contributed by atoms with E-state index in [1.54, 1.807) is 25.3 Å². The first-order chi connectivity index (χ1) is 15.9. The second-order valence-corrected chi connectivity index (χ2v) is 9.23. The largest absolute Gasteiger partial charge is 0.493 e. The molecule has 2 amide bonds. The summed E-state index contributed by atoms with van der Waals surface area (Å²) in [6.07, 6.45) is 2.10. The van der Waals surface area contributed by atoms with E-state index < -0.39 is 0 Å². The van der Waals surface area contributed by atoms with E-state index >= 15 is 0 Å². The fourth-order valence-corrected chi connectivity index (χ4v) is 4.45. The van der Waals surface area contributed by atoms with Crippen LogP contribution in [0.15, 0.2) is 47.5 Å². The van der Waals surface area contributed by atoms with Crippen LogP contribution in [-0.2, 0) is 6.54 Å². The van der Waals surface area contributed by atoms with E-state index in [0.717, 1.165) is 29.0 Å². The van der Waals surface area contributed by atoms with Crippen molar-refractivity contribution in [1.82, 2.24) is 9.88 Å². The van der Waals surface area contributed by atoms with Crippen LogP contribution in [0.3, 0.4) is 0 Å². The van der Waals surface area contributed by atoms with E-state index in [1.807, 2.05) is 42.7 Å². The van der Waals surface area contributed by atoms with Gasteiger partial charge in [0.25, 0.3) is 11.8 Å². The molecule has 0 aliphatic heterocycles. The highest BCUT2D eigenvalue weighted by Gasteiger charge is 2.23. The van der Waals surface area contributed by atoms with E-state index in [0.29, 0.717) is 40.0 Å². The summed E-state index contributed by atoms with van der Waals surface area (Å²) < 4.78 is 12.6. The lowest BCUT2D eigenvalue weighted by Crippen LogP contribution is -2.25. The Hall–Kier alpha value is -3.39. The van der Waals surface area contributed by atoms with Gasteiger partial charge in [-0.3, -0.25) is 9.59 Å². The minimum absolute atomic E-state index is 0.0453. The van der Waals surface area contributed by atoms with Gasteiger partial charge in [-0.25, -0.2) is 0 Å². The lowest BCUT2D eigenvalue weighted by Gasteiger charge is -2.09. The molecule has 0 atom stereocenters. The van der Waals surface area contributed by atoms with Crippen molar-refractivity contribution in [1.29, 1.82) is 0 Å². The SMILES string of the molecule is COc1ccc(C(=O)N=c2sc(C)c(C)n2Cc2cccc(C(=O)NC3CC3)c2)cc1OC. The third kappa shape index (κ3) is 5.17. The van der Waals surface area contributed by atoms with Crippen LogP contribution in [0, 0.1) is 13.8 Å². The third-order valence-electron chi connectivity index (χ3n) is 5.66. The fourth-order valence-electron chi connectivity index (χ4n) is 3.48. The molecule has 3 aromatic rings. The van der Waals surface area contributed by atoms with Gasteiger partial charge >= 0.3 is 0 Å². The summed E-state index contributed by atoms with van der Waals surface area (Å²) >= 11 is 1.47. The van der Waals surface area contributed by atoms with Gasteiger partial charge in [0.2, 0.25) is 0 Å². The molecule has 1 heterocycles. The van der Waals surface area contributed by atoms with Crippen molar-refractivity contribution in [3.8, 4) is 11.5 Å². The van der Waals surface area contributed by atoms with Gasteiger partial charge in [0.15, 0.2) is 16.3 Å². The molecule has 1 N–H and O–H groups in total. The number of nitrogens with one attached hydrogen (secondary N) is 1. The molecule has 0 unspecified atom stereocenters. The van der Waals surface area contributed by atoms with Crippen molar-refractivity contribution < 1.29 is 19.1 Å². The second-order valence-electron chi connectivity index (χ2n) is 8.05. The van der Waals surface area contributed by atoms with Crippen molar-refractivity contribution in [2.45, 2.75) is 39.3 Å². The summed E-state index contributed by atoms with van der Waals surface area (Å²) in [4.78, 5) is 31.5. The first-order valence-corrected chi connectivity index (χ1v) is 11.6. The maximum absolute atomic E-state index is 12.9. The highest BCUT2D eigenvalue weighted by molar-refractivity contribution is 7.09. The first kappa shape index (κ1) is 22.8. The van der Waals surface area contributed by atoms with Crippen molar-refractivity contribution >= 4 is 23.2 Å². The molecule has 8 heteroatoms. The quantitative estimate of drug-likeness (QED) is 0.574. The van der Waals surface area contributed by atoms with Crippen LogP contribution in [0.4, 0.5) is 0 Å². The highest BCUT2D eigenvalue weighted by Crippen LogP contribution is 2.27. The molecule has 0 saturated heterocycles. The summed E-state index contributed by atoms with van der Waals surface area (Å²) in [5.74, 6) is 0.628. The number of hydrogen-bond acceptors (Lipinski definition) is 5. The van der Waals surface area contributed by atoms with Gasteiger partial charge in [-0.05, 0) is 62.6 Å². The van der Waals surface area contributed by atoms with Crippen molar-refractivity contribution in [2.24, 2.45) is 4.99 Å². The first-order valence-electron chi connectivity index (χ1n) is 10.8. The Morgan fingerprint density at radius 1 is 1.06 bits per heavy atom. The molecule has 1 saturated carbocycles. The summed E-state index contributed by atoms with van der Waals surface area (Å²) in [7, 11) is 3.08. The molecule has 7 nitrogen and oxygen atoms in total. The average molecular weight is 466 g/mol. The molecule has 1 aromatic heterocycles. The molecule has 172 valence electrons. The number of carbonyl (C=O) groups is 2. The van der Waals surface area contributed by atoms with Gasteiger partial charge in [-0.1, -0.05) is 12.1 Å². The summed E-state index contributed by atoms with van der Waals surface area (Å²) in [6.45, 7) is 4.53. The molecule has 1 aliphatic rings. The predicted molar refractivity (Wildman–Crippen MR) is 127 cm³/mol. The smallest absolute Gasteiger partial charge is 0.279 e. The van der Waals surface area contributed by atoms with Crippen molar-refractivity contribution in [3.05, 3.63) is 74.5 Å².